The molecule has 4 rings (SSSR count). The van der Waals surface area contributed by atoms with Crippen molar-refractivity contribution in [2.45, 2.75) is 32.7 Å². The smallest absolute Gasteiger partial charge is 0.146 e. The molecule has 142 valence electrons. The van der Waals surface area contributed by atoms with Gasteiger partial charge in [-0.05, 0) is 30.7 Å². The van der Waals surface area contributed by atoms with Gasteiger partial charge < -0.3 is 14.8 Å². The van der Waals surface area contributed by atoms with E-state index in [-0.39, 0.29) is 0 Å². The summed E-state index contributed by atoms with van der Waals surface area (Å²) >= 11 is 1.87. The summed E-state index contributed by atoms with van der Waals surface area (Å²) in [5.41, 5.74) is 1.47. The summed E-state index contributed by atoms with van der Waals surface area (Å²) < 4.78 is 10.7. The molecule has 1 fully saturated rings. The van der Waals surface area contributed by atoms with Gasteiger partial charge in [-0.1, -0.05) is 6.92 Å². The van der Waals surface area contributed by atoms with E-state index < -0.39 is 0 Å². The van der Waals surface area contributed by atoms with Crippen LogP contribution in [0.5, 0.6) is 0 Å². The van der Waals surface area contributed by atoms with Crippen molar-refractivity contribution in [3.05, 3.63) is 16.3 Å². The van der Waals surface area contributed by atoms with Crippen LogP contribution in [0.25, 0.3) is 10.2 Å². The summed E-state index contributed by atoms with van der Waals surface area (Å²) in [6.45, 7) is 8.07. The fraction of sp³-hybridized carbons (Fsp3) is 0.684. The van der Waals surface area contributed by atoms with E-state index in [9.17, 15) is 0 Å². The normalized spacial score (nSPS) is 21.1. The maximum absolute atomic E-state index is 5.46. The van der Waals surface area contributed by atoms with Crippen LogP contribution < -0.4 is 5.32 Å². The predicted octanol–water partition coefficient (Wildman–Crippen LogP) is 2.71. The molecular weight excluding hydrogens is 348 g/mol. The number of aryl methyl sites for hydroxylation is 1. The Hall–Kier alpha value is -1.28. The maximum Gasteiger partial charge on any atom is 0.146 e. The molecule has 2 aromatic heterocycles. The Balaban J connectivity index is 1.67. The van der Waals surface area contributed by atoms with Crippen molar-refractivity contribution in [2.24, 2.45) is 5.92 Å². The van der Waals surface area contributed by atoms with Crippen LogP contribution in [-0.2, 0) is 28.9 Å². The summed E-state index contributed by atoms with van der Waals surface area (Å²) in [6.07, 6.45) is 3.57. The minimum absolute atomic E-state index is 0.674. The monoisotopic (exact) mass is 376 g/mol. The second-order valence-corrected chi connectivity index (χ2v) is 8.41. The van der Waals surface area contributed by atoms with Crippen molar-refractivity contribution >= 4 is 27.4 Å². The number of fused-ring (bicyclic) bond motifs is 3. The van der Waals surface area contributed by atoms with Gasteiger partial charge in [-0.2, -0.15) is 0 Å². The minimum atomic E-state index is 0.674. The molecule has 0 saturated carbocycles. The van der Waals surface area contributed by atoms with Crippen LogP contribution in [0.4, 0.5) is 5.82 Å². The van der Waals surface area contributed by atoms with Gasteiger partial charge >= 0.3 is 0 Å². The minimum Gasteiger partial charge on any atom is -0.383 e. The standard InChI is InChI=1S/C19H28N4O2S/c1-13-3-4-14-15(11-13)26-19-17(14)18(20-5-8-24-2)21-16(22-19)12-23-6-9-25-10-7-23/h13H,3-12H2,1-2H3,(H,20,21,22)/t13-/m0/s1. The first-order valence-corrected chi connectivity index (χ1v) is 10.4. The van der Waals surface area contributed by atoms with Crippen molar-refractivity contribution in [3.8, 4) is 0 Å². The summed E-state index contributed by atoms with van der Waals surface area (Å²) in [5.74, 6) is 2.66. The fourth-order valence-electron chi connectivity index (χ4n) is 3.82. The molecular formula is C19H28N4O2S. The third-order valence-corrected chi connectivity index (χ3v) is 6.42. The van der Waals surface area contributed by atoms with E-state index in [1.54, 1.807) is 7.11 Å². The summed E-state index contributed by atoms with van der Waals surface area (Å²) in [4.78, 5) is 14.9. The van der Waals surface area contributed by atoms with Gasteiger partial charge in [-0.3, -0.25) is 4.90 Å². The number of methoxy groups -OCH3 is 1. The van der Waals surface area contributed by atoms with Crippen molar-refractivity contribution in [1.82, 2.24) is 14.9 Å². The SMILES string of the molecule is COCCNc1nc(CN2CCOCC2)nc2sc3c(c12)CC[C@H](C)C3. The lowest BCUT2D eigenvalue weighted by molar-refractivity contribution is 0.0331. The van der Waals surface area contributed by atoms with Crippen LogP contribution in [0.2, 0.25) is 0 Å². The lowest BCUT2D eigenvalue weighted by atomic mass is 9.89. The number of aromatic nitrogens is 2. The van der Waals surface area contributed by atoms with Crippen LogP contribution in [0, 0.1) is 5.92 Å². The molecule has 1 N–H and O–H groups in total. The molecule has 1 atom stereocenters. The lowest BCUT2D eigenvalue weighted by Gasteiger charge is -2.26. The molecule has 1 aliphatic heterocycles. The first-order valence-electron chi connectivity index (χ1n) is 9.58. The van der Waals surface area contributed by atoms with Crippen LogP contribution in [0.1, 0.15) is 29.6 Å². The molecule has 7 heteroatoms. The zero-order chi connectivity index (χ0) is 17.9. The molecule has 1 saturated heterocycles. The second kappa shape index (κ2) is 8.17. The van der Waals surface area contributed by atoms with E-state index in [1.807, 2.05) is 11.3 Å². The molecule has 0 bridgehead atoms. The Labute approximate surface area is 158 Å². The molecule has 2 aromatic rings. The number of nitrogens with zero attached hydrogens (tertiary/aromatic N) is 3. The number of ether oxygens (including phenoxy) is 2. The van der Waals surface area contributed by atoms with Gasteiger partial charge in [0.25, 0.3) is 0 Å². The fourth-order valence-corrected chi connectivity index (χ4v) is 5.22. The van der Waals surface area contributed by atoms with Gasteiger partial charge in [0, 0.05) is 31.6 Å². The number of hydrogen-bond donors (Lipinski definition) is 1. The highest BCUT2D eigenvalue weighted by atomic mass is 32.1. The number of hydrogen-bond acceptors (Lipinski definition) is 7. The van der Waals surface area contributed by atoms with Gasteiger partial charge in [0.1, 0.15) is 16.5 Å². The number of rotatable bonds is 6. The average Bonchev–Trinajstić information content (AvgIpc) is 3.00. The molecule has 1 aliphatic carbocycles. The Morgan fingerprint density at radius 2 is 2.15 bits per heavy atom. The molecule has 0 aromatic carbocycles. The van der Waals surface area contributed by atoms with E-state index in [0.717, 1.165) is 68.2 Å². The lowest BCUT2D eigenvalue weighted by Crippen LogP contribution is -2.36. The zero-order valence-corrected chi connectivity index (χ0v) is 16.5. The van der Waals surface area contributed by atoms with Gasteiger partial charge in [0.2, 0.25) is 0 Å². The molecule has 26 heavy (non-hydrogen) atoms. The van der Waals surface area contributed by atoms with Crippen molar-refractivity contribution in [3.63, 3.8) is 0 Å². The highest BCUT2D eigenvalue weighted by Gasteiger charge is 2.24. The van der Waals surface area contributed by atoms with E-state index in [2.05, 4.69) is 17.1 Å². The first-order chi connectivity index (χ1) is 12.7. The Kier molecular flexibility index (Phi) is 5.69. The maximum atomic E-state index is 5.46. The van der Waals surface area contributed by atoms with Crippen LogP contribution in [-0.4, -0.2) is 61.4 Å². The van der Waals surface area contributed by atoms with Gasteiger partial charge in [0.15, 0.2) is 0 Å². The highest BCUT2D eigenvalue weighted by molar-refractivity contribution is 7.19. The van der Waals surface area contributed by atoms with E-state index in [4.69, 9.17) is 19.4 Å². The first kappa shape index (κ1) is 18.1. The van der Waals surface area contributed by atoms with Crippen LogP contribution in [0.15, 0.2) is 0 Å². The molecule has 0 spiro atoms. The second-order valence-electron chi connectivity index (χ2n) is 7.33. The third kappa shape index (κ3) is 3.86. The number of thiophene rings is 1. The van der Waals surface area contributed by atoms with Crippen molar-refractivity contribution in [2.75, 3.05) is 51.9 Å². The molecule has 0 unspecified atom stereocenters. The van der Waals surface area contributed by atoms with Crippen molar-refractivity contribution in [1.29, 1.82) is 0 Å². The molecule has 0 radical (unpaired) electrons. The molecule has 0 amide bonds. The largest absolute Gasteiger partial charge is 0.383 e. The predicted molar refractivity (Wildman–Crippen MR) is 105 cm³/mol. The zero-order valence-electron chi connectivity index (χ0n) is 15.7. The third-order valence-electron chi connectivity index (χ3n) is 5.27. The van der Waals surface area contributed by atoms with E-state index in [1.165, 1.54) is 28.7 Å². The number of anilines is 1. The van der Waals surface area contributed by atoms with Gasteiger partial charge in [-0.25, -0.2) is 9.97 Å². The van der Waals surface area contributed by atoms with Crippen molar-refractivity contribution < 1.29 is 9.47 Å². The molecule has 2 aliphatic rings. The molecule has 3 heterocycles. The number of nitrogens with one attached hydrogen (secondary N) is 1. The van der Waals surface area contributed by atoms with E-state index in [0.29, 0.717) is 6.61 Å². The van der Waals surface area contributed by atoms with Gasteiger partial charge in [-0.15, -0.1) is 11.3 Å². The average molecular weight is 377 g/mol. The number of morpholine rings is 1. The quantitative estimate of drug-likeness (QED) is 0.783. The highest BCUT2D eigenvalue weighted by Crippen LogP contribution is 2.40. The summed E-state index contributed by atoms with van der Waals surface area (Å²) in [7, 11) is 1.73. The van der Waals surface area contributed by atoms with E-state index >= 15 is 0 Å². The summed E-state index contributed by atoms with van der Waals surface area (Å²) in [5, 5.41) is 4.75. The Morgan fingerprint density at radius 3 is 2.96 bits per heavy atom. The van der Waals surface area contributed by atoms with Crippen LogP contribution in [0.3, 0.4) is 0 Å². The summed E-state index contributed by atoms with van der Waals surface area (Å²) in [6, 6.07) is 0. The van der Waals surface area contributed by atoms with Crippen LogP contribution >= 0.6 is 11.3 Å². The Morgan fingerprint density at radius 1 is 1.31 bits per heavy atom. The Bertz CT molecular complexity index is 758. The van der Waals surface area contributed by atoms with Gasteiger partial charge in [0.05, 0.1) is 31.8 Å². The molecule has 6 nitrogen and oxygen atoms in total. The topological polar surface area (TPSA) is 59.5 Å².